The summed E-state index contributed by atoms with van der Waals surface area (Å²) >= 11 is 0. The number of phosphoric acid groups is 1. The molecular formula is C18H19N2O4P. The van der Waals surface area contributed by atoms with E-state index in [0.29, 0.717) is 11.4 Å². The molecule has 6 nitrogen and oxygen atoms in total. The summed E-state index contributed by atoms with van der Waals surface area (Å²) in [6, 6.07) is 16.0. The highest BCUT2D eigenvalue weighted by Gasteiger charge is 2.27. The fourth-order valence-electron chi connectivity index (χ4n) is 1.69. The molecule has 0 unspecified atom stereocenters. The minimum Gasteiger partial charge on any atom is -0.404 e. The van der Waals surface area contributed by atoms with Gasteiger partial charge in [-0.25, -0.2) is 4.57 Å². The van der Waals surface area contributed by atoms with E-state index in [1.165, 1.54) is 12.2 Å². The second-order valence-electron chi connectivity index (χ2n) is 4.74. The summed E-state index contributed by atoms with van der Waals surface area (Å²) in [5, 5.41) is 8.24. The second-order valence-corrected chi connectivity index (χ2v) is 6.33. The van der Waals surface area contributed by atoms with Crippen LogP contribution in [0, 0.1) is 0 Å². The largest absolute Gasteiger partial charge is 0.530 e. The summed E-state index contributed by atoms with van der Waals surface area (Å²) in [5.41, 5.74) is 1.38. The van der Waals surface area contributed by atoms with Gasteiger partial charge in [-0.2, -0.15) is 10.2 Å². The van der Waals surface area contributed by atoms with Crippen molar-refractivity contribution in [2.45, 2.75) is 0 Å². The smallest absolute Gasteiger partial charge is 0.404 e. The SMILES string of the molecule is C=CCOP(=O)(OCC=C)Oc1ccc(N=Nc2ccccc2)cc1. The Morgan fingerprint density at radius 1 is 0.840 bits per heavy atom. The van der Waals surface area contributed by atoms with Crippen LogP contribution in [0.1, 0.15) is 0 Å². The number of nitrogens with zero attached hydrogens (tertiary/aromatic N) is 2. The molecule has 0 aromatic heterocycles. The number of hydrogen-bond donors (Lipinski definition) is 0. The molecule has 25 heavy (non-hydrogen) atoms. The van der Waals surface area contributed by atoms with Crippen molar-refractivity contribution in [3.05, 3.63) is 79.9 Å². The van der Waals surface area contributed by atoms with E-state index < -0.39 is 7.82 Å². The first-order valence-corrected chi connectivity index (χ1v) is 8.98. The molecule has 0 fully saturated rings. The Kier molecular flexibility index (Phi) is 7.29. The lowest BCUT2D eigenvalue weighted by atomic mass is 10.3. The number of hydrogen-bond acceptors (Lipinski definition) is 6. The maximum Gasteiger partial charge on any atom is 0.530 e. The highest BCUT2D eigenvalue weighted by molar-refractivity contribution is 7.48. The molecule has 0 bridgehead atoms. The molecule has 0 N–H and O–H groups in total. The van der Waals surface area contributed by atoms with Gasteiger partial charge in [0.25, 0.3) is 0 Å². The molecular weight excluding hydrogens is 339 g/mol. The van der Waals surface area contributed by atoms with Gasteiger partial charge >= 0.3 is 7.82 Å². The van der Waals surface area contributed by atoms with Crippen molar-refractivity contribution in [2.75, 3.05) is 13.2 Å². The van der Waals surface area contributed by atoms with Gasteiger partial charge in [-0.05, 0) is 36.4 Å². The Labute approximate surface area is 147 Å². The first-order chi connectivity index (χ1) is 12.1. The predicted octanol–water partition coefficient (Wildman–Crippen LogP) is 5.99. The summed E-state index contributed by atoms with van der Waals surface area (Å²) in [5.74, 6) is 0.329. The van der Waals surface area contributed by atoms with E-state index >= 15 is 0 Å². The number of phosphoric ester groups is 1. The molecule has 0 atom stereocenters. The first-order valence-electron chi connectivity index (χ1n) is 7.52. The van der Waals surface area contributed by atoms with Crippen molar-refractivity contribution in [1.29, 1.82) is 0 Å². The van der Waals surface area contributed by atoms with Crippen molar-refractivity contribution < 1.29 is 18.1 Å². The molecule has 0 aliphatic rings. The molecule has 0 amide bonds. The van der Waals surface area contributed by atoms with Crippen molar-refractivity contribution in [1.82, 2.24) is 0 Å². The van der Waals surface area contributed by atoms with Crippen LogP contribution in [0.4, 0.5) is 11.4 Å². The zero-order valence-corrected chi connectivity index (χ0v) is 14.5. The lowest BCUT2D eigenvalue weighted by Gasteiger charge is -2.17. The highest BCUT2D eigenvalue weighted by atomic mass is 31.2. The van der Waals surface area contributed by atoms with Crippen molar-refractivity contribution >= 4 is 19.2 Å². The third kappa shape index (κ3) is 6.47. The monoisotopic (exact) mass is 358 g/mol. The number of benzene rings is 2. The Balaban J connectivity index is 2.04. The van der Waals surface area contributed by atoms with Crippen LogP contribution in [-0.2, 0) is 13.6 Å². The fourth-order valence-corrected chi connectivity index (χ4v) is 2.83. The minimum atomic E-state index is -3.75. The van der Waals surface area contributed by atoms with Gasteiger partial charge in [0.2, 0.25) is 0 Å². The van der Waals surface area contributed by atoms with Crippen LogP contribution >= 0.6 is 7.82 Å². The summed E-state index contributed by atoms with van der Waals surface area (Å²) in [4.78, 5) is 0. The molecule has 0 aliphatic carbocycles. The normalized spacial score (nSPS) is 11.4. The van der Waals surface area contributed by atoms with Gasteiger partial charge in [0.05, 0.1) is 24.6 Å². The molecule has 0 saturated heterocycles. The zero-order valence-electron chi connectivity index (χ0n) is 13.7. The van der Waals surface area contributed by atoms with Gasteiger partial charge in [-0.3, -0.25) is 9.05 Å². The third-order valence-electron chi connectivity index (χ3n) is 2.79. The lowest BCUT2D eigenvalue weighted by molar-refractivity contribution is 0.181. The van der Waals surface area contributed by atoms with E-state index in [2.05, 4.69) is 23.4 Å². The molecule has 7 heteroatoms. The van der Waals surface area contributed by atoms with Gasteiger partial charge in [0.1, 0.15) is 5.75 Å². The van der Waals surface area contributed by atoms with Gasteiger partial charge in [0.15, 0.2) is 0 Å². The minimum absolute atomic E-state index is 0.0395. The Morgan fingerprint density at radius 2 is 1.36 bits per heavy atom. The zero-order chi connectivity index (χ0) is 18.0. The second kappa shape index (κ2) is 9.69. The summed E-state index contributed by atoms with van der Waals surface area (Å²) in [7, 11) is -3.75. The lowest BCUT2D eigenvalue weighted by Crippen LogP contribution is -2.02. The van der Waals surface area contributed by atoms with E-state index in [-0.39, 0.29) is 13.2 Å². The number of azo groups is 1. The maximum atomic E-state index is 12.5. The topological polar surface area (TPSA) is 69.5 Å². The quantitative estimate of drug-likeness (QED) is 0.297. The van der Waals surface area contributed by atoms with Gasteiger partial charge < -0.3 is 4.52 Å². The van der Waals surface area contributed by atoms with Crippen LogP contribution in [0.5, 0.6) is 5.75 Å². The van der Waals surface area contributed by atoms with Crippen molar-refractivity contribution in [3.63, 3.8) is 0 Å². The molecule has 0 heterocycles. The Morgan fingerprint density at radius 3 is 1.88 bits per heavy atom. The van der Waals surface area contributed by atoms with Crippen molar-refractivity contribution in [2.24, 2.45) is 10.2 Å². The van der Waals surface area contributed by atoms with Crippen LogP contribution in [0.25, 0.3) is 0 Å². The molecule has 0 aliphatic heterocycles. The van der Waals surface area contributed by atoms with Crippen LogP contribution in [0.3, 0.4) is 0 Å². The van der Waals surface area contributed by atoms with Gasteiger partial charge in [0, 0.05) is 0 Å². The molecule has 130 valence electrons. The standard InChI is InChI=1S/C18H19N2O4P/c1-3-14-22-25(21,23-15-4-2)24-18-12-10-17(11-13-18)20-19-16-8-6-5-7-9-16/h3-13H,1-2,14-15H2. The average Bonchev–Trinajstić information content (AvgIpc) is 2.65. The Bertz CT molecular complexity index is 744. The van der Waals surface area contributed by atoms with Crippen LogP contribution < -0.4 is 4.52 Å². The molecule has 2 rings (SSSR count). The third-order valence-corrected chi connectivity index (χ3v) is 4.16. The van der Waals surface area contributed by atoms with Crippen LogP contribution in [0.2, 0.25) is 0 Å². The summed E-state index contributed by atoms with van der Waals surface area (Å²) in [6.07, 6.45) is 2.92. The van der Waals surface area contributed by atoms with Gasteiger partial charge in [-0.15, -0.1) is 13.2 Å². The van der Waals surface area contributed by atoms with E-state index in [4.69, 9.17) is 13.6 Å². The van der Waals surface area contributed by atoms with Crippen molar-refractivity contribution in [3.8, 4) is 5.75 Å². The molecule has 0 saturated carbocycles. The number of rotatable bonds is 10. The predicted molar refractivity (Wildman–Crippen MR) is 97.6 cm³/mol. The van der Waals surface area contributed by atoms with E-state index in [0.717, 1.165) is 5.69 Å². The average molecular weight is 358 g/mol. The van der Waals surface area contributed by atoms with E-state index in [1.807, 2.05) is 30.3 Å². The van der Waals surface area contributed by atoms with Gasteiger partial charge in [-0.1, -0.05) is 30.4 Å². The fraction of sp³-hybridized carbons (Fsp3) is 0.111. The van der Waals surface area contributed by atoms with E-state index in [1.54, 1.807) is 24.3 Å². The summed E-state index contributed by atoms with van der Waals surface area (Å²) < 4.78 is 28.1. The summed E-state index contributed by atoms with van der Waals surface area (Å²) in [6.45, 7) is 7.09. The molecule has 2 aromatic carbocycles. The van der Waals surface area contributed by atoms with Crippen LogP contribution in [0.15, 0.2) is 90.1 Å². The highest BCUT2D eigenvalue weighted by Crippen LogP contribution is 2.49. The Hall–Kier alpha value is -2.53. The maximum absolute atomic E-state index is 12.5. The molecule has 2 aromatic rings. The van der Waals surface area contributed by atoms with Crippen LogP contribution in [-0.4, -0.2) is 13.2 Å². The molecule has 0 spiro atoms. The van der Waals surface area contributed by atoms with E-state index in [9.17, 15) is 4.57 Å². The molecule has 0 radical (unpaired) electrons. The first kappa shape index (κ1) is 18.8.